The molecule has 0 aromatic rings. The van der Waals surface area contributed by atoms with Crippen molar-refractivity contribution in [2.24, 2.45) is 0 Å². The number of nitrogens with zero attached hydrogens (tertiary/aromatic N) is 2. The Hall–Kier alpha value is -0.120. The fourth-order valence-electron chi connectivity index (χ4n) is 3.46. The van der Waals surface area contributed by atoms with Crippen molar-refractivity contribution in [3.05, 3.63) is 0 Å². The molecule has 2 aliphatic rings. The predicted molar refractivity (Wildman–Crippen MR) is 78.0 cm³/mol. The maximum absolute atomic E-state index is 3.43. The molecule has 3 nitrogen and oxygen atoms in total. The number of unbranched alkanes of at least 4 members (excludes halogenated alkanes) is 1. The molecule has 0 atom stereocenters. The molecule has 106 valence electrons. The van der Waals surface area contributed by atoms with Gasteiger partial charge in [-0.2, -0.15) is 0 Å². The highest BCUT2D eigenvalue weighted by Crippen LogP contribution is 2.23. The molecule has 0 radical (unpaired) electrons. The summed E-state index contributed by atoms with van der Waals surface area (Å²) in [6.07, 6.45) is 8.25. The second-order valence-corrected chi connectivity index (χ2v) is 6.03. The lowest BCUT2D eigenvalue weighted by Crippen LogP contribution is -2.51. The van der Waals surface area contributed by atoms with Crippen LogP contribution in [0.4, 0.5) is 0 Å². The van der Waals surface area contributed by atoms with E-state index in [1.807, 2.05) is 0 Å². The van der Waals surface area contributed by atoms with Crippen LogP contribution in [0.15, 0.2) is 0 Å². The molecule has 18 heavy (non-hydrogen) atoms. The highest BCUT2D eigenvalue weighted by atomic mass is 15.3. The Labute approximate surface area is 113 Å². The van der Waals surface area contributed by atoms with Gasteiger partial charge in [0, 0.05) is 38.3 Å². The van der Waals surface area contributed by atoms with E-state index in [0.29, 0.717) is 0 Å². The fourth-order valence-corrected chi connectivity index (χ4v) is 3.46. The Morgan fingerprint density at radius 1 is 1.00 bits per heavy atom. The first-order chi connectivity index (χ1) is 8.83. The zero-order valence-electron chi connectivity index (χ0n) is 12.3. The molecular formula is C15H31N3. The van der Waals surface area contributed by atoms with E-state index in [9.17, 15) is 0 Å². The molecule has 0 bridgehead atoms. The molecule has 1 N–H and O–H groups in total. The lowest BCUT2D eigenvalue weighted by molar-refractivity contribution is 0.0740. The van der Waals surface area contributed by atoms with Crippen LogP contribution in [-0.2, 0) is 0 Å². The van der Waals surface area contributed by atoms with Gasteiger partial charge in [0.1, 0.15) is 0 Å². The first kappa shape index (κ1) is 14.3. The Bertz CT molecular complexity index is 216. The van der Waals surface area contributed by atoms with Gasteiger partial charge in [0.2, 0.25) is 0 Å². The molecule has 0 amide bonds. The van der Waals surface area contributed by atoms with Crippen LogP contribution in [0.5, 0.6) is 0 Å². The molecule has 1 aliphatic heterocycles. The van der Waals surface area contributed by atoms with Crippen molar-refractivity contribution in [2.75, 3.05) is 39.8 Å². The van der Waals surface area contributed by atoms with Crippen LogP contribution >= 0.6 is 0 Å². The summed E-state index contributed by atoms with van der Waals surface area (Å²) in [6.45, 7) is 8.81. The Morgan fingerprint density at radius 3 is 2.22 bits per heavy atom. The number of piperazine rings is 1. The van der Waals surface area contributed by atoms with Crippen LogP contribution < -0.4 is 5.32 Å². The fraction of sp³-hybridized carbons (Fsp3) is 1.00. The summed E-state index contributed by atoms with van der Waals surface area (Å²) < 4.78 is 0. The average Bonchev–Trinajstić information content (AvgIpc) is 2.46. The summed E-state index contributed by atoms with van der Waals surface area (Å²) >= 11 is 0. The normalized spacial score (nSPS) is 31.7. The van der Waals surface area contributed by atoms with Gasteiger partial charge in [0.25, 0.3) is 0 Å². The van der Waals surface area contributed by atoms with Gasteiger partial charge in [-0.25, -0.2) is 0 Å². The standard InChI is InChI=1S/C15H31N3/c1-3-4-9-17-10-12-18(13-11-17)15-7-5-14(16-2)6-8-15/h14-16H,3-13H2,1-2H3. The van der Waals surface area contributed by atoms with Crippen LogP contribution in [0.2, 0.25) is 0 Å². The zero-order chi connectivity index (χ0) is 12.8. The van der Waals surface area contributed by atoms with E-state index in [4.69, 9.17) is 0 Å². The molecule has 0 spiro atoms. The monoisotopic (exact) mass is 253 g/mol. The summed E-state index contributed by atoms with van der Waals surface area (Å²) in [4.78, 5) is 5.41. The third-order valence-corrected chi connectivity index (χ3v) is 4.86. The van der Waals surface area contributed by atoms with Crippen molar-refractivity contribution >= 4 is 0 Å². The summed E-state index contributed by atoms with van der Waals surface area (Å²) in [5, 5.41) is 3.43. The van der Waals surface area contributed by atoms with Gasteiger partial charge in [-0.15, -0.1) is 0 Å². The third-order valence-electron chi connectivity index (χ3n) is 4.86. The number of hydrogen-bond donors (Lipinski definition) is 1. The quantitative estimate of drug-likeness (QED) is 0.808. The molecule has 1 saturated carbocycles. The lowest BCUT2D eigenvalue weighted by Gasteiger charge is -2.42. The molecule has 0 unspecified atom stereocenters. The van der Waals surface area contributed by atoms with Crippen LogP contribution in [0.1, 0.15) is 45.4 Å². The minimum Gasteiger partial charge on any atom is -0.317 e. The molecule has 2 rings (SSSR count). The van der Waals surface area contributed by atoms with E-state index in [1.165, 1.54) is 71.2 Å². The summed E-state index contributed by atoms with van der Waals surface area (Å²) in [5.41, 5.74) is 0. The van der Waals surface area contributed by atoms with Gasteiger partial charge in [-0.3, -0.25) is 4.90 Å². The molecule has 2 fully saturated rings. The van der Waals surface area contributed by atoms with E-state index in [1.54, 1.807) is 0 Å². The van der Waals surface area contributed by atoms with E-state index >= 15 is 0 Å². The van der Waals surface area contributed by atoms with Crippen LogP contribution in [-0.4, -0.2) is 61.7 Å². The Morgan fingerprint density at radius 2 is 1.67 bits per heavy atom. The Balaban J connectivity index is 1.67. The van der Waals surface area contributed by atoms with E-state index in [0.717, 1.165) is 12.1 Å². The van der Waals surface area contributed by atoms with Crippen molar-refractivity contribution in [1.29, 1.82) is 0 Å². The van der Waals surface area contributed by atoms with Gasteiger partial charge >= 0.3 is 0 Å². The highest BCUT2D eigenvalue weighted by Gasteiger charge is 2.27. The summed E-state index contributed by atoms with van der Waals surface area (Å²) in [6, 6.07) is 1.66. The first-order valence-electron chi connectivity index (χ1n) is 7.97. The molecule has 0 aromatic carbocycles. The smallest absolute Gasteiger partial charge is 0.0113 e. The largest absolute Gasteiger partial charge is 0.317 e. The SMILES string of the molecule is CCCCN1CCN(C2CCC(NC)CC2)CC1. The summed E-state index contributed by atoms with van der Waals surface area (Å²) in [7, 11) is 2.11. The summed E-state index contributed by atoms with van der Waals surface area (Å²) in [5.74, 6) is 0. The van der Waals surface area contributed by atoms with Gasteiger partial charge in [-0.1, -0.05) is 13.3 Å². The minimum absolute atomic E-state index is 0.784. The van der Waals surface area contributed by atoms with Gasteiger partial charge in [0.05, 0.1) is 0 Å². The third kappa shape index (κ3) is 3.94. The topological polar surface area (TPSA) is 18.5 Å². The van der Waals surface area contributed by atoms with E-state index in [2.05, 4.69) is 29.1 Å². The molecule has 1 heterocycles. The lowest BCUT2D eigenvalue weighted by atomic mass is 9.90. The molecular weight excluding hydrogens is 222 g/mol. The van der Waals surface area contributed by atoms with Crippen molar-refractivity contribution in [3.8, 4) is 0 Å². The number of nitrogens with one attached hydrogen (secondary N) is 1. The van der Waals surface area contributed by atoms with Gasteiger partial charge < -0.3 is 10.2 Å². The molecule has 1 saturated heterocycles. The van der Waals surface area contributed by atoms with Crippen molar-refractivity contribution in [1.82, 2.24) is 15.1 Å². The molecule has 3 heteroatoms. The molecule has 1 aliphatic carbocycles. The second kappa shape index (κ2) is 7.46. The maximum atomic E-state index is 3.43. The van der Waals surface area contributed by atoms with Crippen LogP contribution in [0, 0.1) is 0 Å². The number of rotatable bonds is 5. The highest BCUT2D eigenvalue weighted by molar-refractivity contribution is 4.84. The molecule has 0 aromatic heterocycles. The second-order valence-electron chi connectivity index (χ2n) is 6.03. The first-order valence-corrected chi connectivity index (χ1v) is 7.97. The van der Waals surface area contributed by atoms with Gasteiger partial charge in [0.15, 0.2) is 0 Å². The maximum Gasteiger partial charge on any atom is 0.0113 e. The van der Waals surface area contributed by atoms with E-state index < -0.39 is 0 Å². The number of hydrogen-bond acceptors (Lipinski definition) is 3. The van der Waals surface area contributed by atoms with Crippen molar-refractivity contribution in [2.45, 2.75) is 57.5 Å². The van der Waals surface area contributed by atoms with Crippen molar-refractivity contribution < 1.29 is 0 Å². The van der Waals surface area contributed by atoms with E-state index in [-0.39, 0.29) is 0 Å². The van der Waals surface area contributed by atoms with Crippen molar-refractivity contribution in [3.63, 3.8) is 0 Å². The van der Waals surface area contributed by atoms with Crippen LogP contribution in [0.25, 0.3) is 0 Å². The minimum atomic E-state index is 0.784. The average molecular weight is 253 g/mol. The predicted octanol–water partition coefficient (Wildman–Crippen LogP) is 1.93. The van der Waals surface area contributed by atoms with Crippen LogP contribution in [0.3, 0.4) is 0 Å². The Kier molecular flexibility index (Phi) is 5.93. The zero-order valence-corrected chi connectivity index (χ0v) is 12.3. The van der Waals surface area contributed by atoms with Gasteiger partial charge in [-0.05, 0) is 45.7 Å².